The molecule has 1 aromatic rings. The number of ether oxygens (including phenoxy) is 1. The average Bonchev–Trinajstić information content (AvgIpc) is 2.16. The Balaban J connectivity index is 3.20. The fraction of sp³-hybridized carbons (Fsp3) is 0.400. The summed E-state index contributed by atoms with van der Waals surface area (Å²) in [6, 6.07) is 3.97. The molecule has 0 radical (unpaired) electrons. The van der Waals surface area contributed by atoms with Gasteiger partial charge in [-0.3, -0.25) is 0 Å². The van der Waals surface area contributed by atoms with Gasteiger partial charge < -0.3 is 9.84 Å². The van der Waals surface area contributed by atoms with Crippen molar-refractivity contribution in [1.29, 1.82) is 0 Å². The SMILES string of the molecule is CCc1cc(Br)c(OC)c(CO)c1. The molecule has 13 heavy (non-hydrogen) atoms. The Labute approximate surface area is 86.7 Å². The summed E-state index contributed by atoms with van der Waals surface area (Å²) in [6.07, 6.45) is 0.954. The van der Waals surface area contributed by atoms with Gasteiger partial charge in [-0.1, -0.05) is 6.92 Å². The lowest BCUT2D eigenvalue weighted by Crippen LogP contribution is -1.95. The summed E-state index contributed by atoms with van der Waals surface area (Å²) in [5, 5.41) is 9.09. The molecular weight excluding hydrogens is 232 g/mol. The van der Waals surface area contributed by atoms with Gasteiger partial charge in [0.2, 0.25) is 0 Å². The highest BCUT2D eigenvalue weighted by molar-refractivity contribution is 9.10. The first-order valence-corrected chi connectivity index (χ1v) is 4.98. The maximum absolute atomic E-state index is 9.09. The van der Waals surface area contributed by atoms with Crippen LogP contribution in [-0.2, 0) is 13.0 Å². The number of benzene rings is 1. The lowest BCUT2D eigenvalue weighted by molar-refractivity contribution is 0.273. The molecule has 2 nitrogen and oxygen atoms in total. The Kier molecular flexibility index (Phi) is 3.75. The van der Waals surface area contributed by atoms with Crippen molar-refractivity contribution < 1.29 is 9.84 Å². The third kappa shape index (κ3) is 2.23. The average molecular weight is 245 g/mol. The minimum Gasteiger partial charge on any atom is -0.495 e. The molecule has 0 aliphatic carbocycles. The lowest BCUT2D eigenvalue weighted by atomic mass is 10.1. The van der Waals surface area contributed by atoms with E-state index in [2.05, 4.69) is 22.9 Å². The summed E-state index contributed by atoms with van der Waals surface area (Å²) in [4.78, 5) is 0. The van der Waals surface area contributed by atoms with Gasteiger partial charge in [-0.05, 0) is 40.0 Å². The largest absolute Gasteiger partial charge is 0.495 e. The van der Waals surface area contributed by atoms with Crippen LogP contribution in [0.2, 0.25) is 0 Å². The Bertz CT molecular complexity index is 297. The Morgan fingerprint density at radius 1 is 1.46 bits per heavy atom. The predicted octanol–water partition coefficient (Wildman–Crippen LogP) is 2.51. The molecule has 0 unspecified atom stereocenters. The van der Waals surface area contributed by atoms with Crippen LogP contribution in [0.3, 0.4) is 0 Å². The number of aliphatic hydroxyl groups is 1. The van der Waals surface area contributed by atoms with Crippen molar-refractivity contribution in [2.75, 3.05) is 7.11 Å². The monoisotopic (exact) mass is 244 g/mol. The number of hydrogen-bond acceptors (Lipinski definition) is 2. The topological polar surface area (TPSA) is 29.5 Å². The van der Waals surface area contributed by atoms with E-state index in [0.717, 1.165) is 22.2 Å². The van der Waals surface area contributed by atoms with Gasteiger partial charge in [-0.15, -0.1) is 0 Å². The maximum Gasteiger partial charge on any atom is 0.138 e. The standard InChI is InChI=1S/C10H13BrO2/c1-3-7-4-8(6-12)10(13-2)9(11)5-7/h4-5,12H,3,6H2,1-2H3. The quantitative estimate of drug-likeness (QED) is 0.886. The molecule has 0 atom stereocenters. The van der Waals surface area contributed by atoms with Crippen molar-refractivity contribution in [1.82, 2.24) is 0 Å². The van der Waals surface area contributed by atoms with E-state index in [4.69, 9.17) is 9.84 Å². The van der Waals surface area contributed by atoms with E-state index in [1.165, 1.54) is 5.56 Å². The van der Waals surface area contributed by atoms with Crippen molar-refractivity contribution in [2.24, 2.45) is 0 Å². The summed E-state index contributed by atoms with van der Waals surface area (Å²) < 4.78 is 6.06. The third-order valence-corrected chi connectivity index (χ3v) is 2.55. The minimum absolute atomic E-state index is 0.00954. The summed E-state index contributed by atoms with van der Waals surface area (Å²) in [5.41, 5.74) is 2.02. The molecule has 0 spiro atoms. The molecule has 1 N–H and O–H groups in total. The Hall–Kier alpha value is -0.540. The normalized spacial score (nSPS) is 10.2. The van der Waals surface area contributed by atoms with Gasteiger partial charge in [0.15, 0.2) is 0 Å². The van der Waals surface area contributed by atoms with Gasteiger partial charge in [0.05, 0.1) is 18.2 Å². The molecule has 1 aromatic carbocycles. The van der Waals surface area contributed by atoms with Gasteiger partial charge in [-0.25, -0.2) is 0 Å². The zero-order valence-corrected chi connectivity index (χ0v) is 9.39. The number of rotatable bonds is 3. The molecule has 72 valence electrons. The first-order chi connectivity index (χ1) is 6.22. The van der Waals surface area contributed by atoms with E-state index in [-0.39, 0.29) is 6.61 Å². The number of hydrogen-bond donors (Lipinski definition) is 1. The fourth-order valence-electron chi connectivity index (χ4n) is 1.26. The van der Waals surface area contributed by atoms with Crippen LogP contribution in [0.25, 0.3) is 0 Å². The zero-order chi connectivity index (χ0) is 9.84. The summed E-state index contributed by atoms with van der Waals surface area (Å²) in [7, 11) is 1.60. The molecule has 0 aliphatic heterocycles. The predicted molar refractivity (Wildman–Crippen MR) is 56.0 cm³/mol. The molecule has 0 fully saturated rings. The van der Waals surface area contributed by atoms with Crippen molar-refractivity contribution in [3.63, 3.8) is 0 Å². The van der Waals surface area contributed by atoms with Crippen LogP contribution in [0.1, 0.15) is 18.1 Å². The number of aryl methyl sites for hydroxylation is 1. The van der Waals surface area contributed by atoms with Crippen LogP contribution >= 0.6 is 15.9 Å². The van der Waals surface area contributed by atoms with E-state index in [1.54, 1.807) is 7.11 Å². The summed E-state index contributed by atoms with van der Waals surface area (Å²) in [5.74, 6) is 0.722. The Morgan fingerprint density at radius 2 is 2.15 bits per heavy atom. The van der Waals surface area contributed by atoms with Crippen molar-refractivity contribution >= 4 is 15.9 Å². The fourth-order valence-corrected chi connectivity index (χ4v) is 1.97. The van der Waals surface area contributed by atoms with Crippen LogP contribution in [0.5, 0.6) is 5.75 Å². The highest BCUT2D eigenvalue weighted by Crippen LogP contribution is 2.30. The van der Waals surface area contributed by atoms with Crippen LogP contribution < -0.4 is 4.74 Å². The van der Waals surface area contributed by atoms with Crippen LogP contribution in [-0.4, -0.2) is 12.2 Å². The second-order valence-corrected chi connectivity index (χ2v) is 3.64. The zero-order valence-electron chi connectivity index (χ0n) is 7.80. The van der Waals surface area contributed by atoms with Crippen LogP contribution in [0.4, 0.5) is 0 Å². The van der Waals surface area contributed by atoms with Gasteiger partial charge >= 0.3 is 0 Å². The molecule has 0 saturated heterocycles. The first-order valence-electron chi connectivity index (χ1n) is 4.19. The molecule has 0 aromatic heterocycles. The van der Waals surface area contributed by atoms with E-state index in [1.807, 2.05) is 12.1 Å². The third-order valence-electron chi connectivity index (χ3n) is 1.96. The van der Waals surface area contributed by atoms with E-state index < -0.39 is 0 Å². The highest BCUT2D eigenvalue weighted by atomic mass is 79.9. The molecule has 3 heteroatoms. The second kappa shape index (κ2) is 4.63. The molecule has 0 heterocycles. The highest BCUT2D eigenvalue weighted by Gasteiger charge is 2.07. The molecule has 0 amide bonds. The minimum atomic E-state index is 0.00954. The molecule has 0 saturated carbocycles. The summed E-state index contributed by atoms with van der Waals surface area (Å²) >= 11 is 3.40. The number of halogens is 1. The van der Waals surface area contributed by atoms with Gasteiger partial charge in [0, 0.05) is 5.56 Å². The molecule has 1 rings (SSSR count). The van der Waals surface area contributed by atoms with E-state index in [0.29, 0.717) is 0 Å². The summed E-state index contributed by atoms with van der Waals surface area (Å²) in [6.45, 7) is 2.09. The molecular formula is C10H13BrO2. The number of aliphatic hydroxyl groups excluding tert-OH is 1. The van der Waals surface area contributed by atoms with Crippen molar-refractivity contribution in [3.05, 3.63) is 27.7 Å². The van der Waals surface area contributed by atoms with E-state index in [9.17, 15) is 0 Å². The Morgan fingerprint density at radius 3 is 2.62 bits per heavy atom. The van der Waals surface area contributed by atoms with Crippen LogP contribution in [0.15, 0.2) is 16.6 Å². The first kappa shape index (κ1) is 10.5. The van der Waals surface area contributed by atoms with Gasteiger partial charge in [0.1, 0.15) is 5.75 Å². The van der Waals surface area contributed by atoms with Gasteiger partial charge in [-0.2, -0.15) is 0 Å². The van der Waals surface area contributed by atoms with Crippen molar-refractivity contribution in [3.8, 4) is 5.75 Å². The van der Waals surface area contributed by atoms with Crippen LogP contribution in [0, 0.1) is 0 Å². The number of methoxy groups -OCH3 is 1. The van der Waals surface area contributed by atoms with Gasteiger partial charge in [0.25, 0.3) is 0 Å². The second-order valence-electron chi connectivity index (χ2n) is 2.78. The van der Waals surface area contributed by atoms with Crippen molar-refractivity contribution in [2.45, 2.75) is 20.0 Å². The molecule has 0 bridgehead atoms. The smallest absolute Gasteiger partial charge is 0.138 e. The lowest BCUT2D eigenvalue weighted by Gasteiger charge is -2.10. The van der Waals surface area contributed by atoms with E-state index >= 15 is 0 Å². The maximum atomic E-state index is 9.09. The molecule has 0 aliphatic rings.